The zero-order chi connectivity index (χ0) is 15.7. The predicted molar refractivity (Wildman–Crippen MR) is 90.0 cm³/mol. The van der Waals surface area contributed by atoms with Crippen molar-refractivity contribution in [1.82, 2.24) is 15.1 Å². The molecule has 0 bridgehead atoms. The van der Waals surface area contributed by atoms with Crippen molar-refractivity contribution in [3.63, 3.8) is 0 Å². The van der Waals surface area contributed by atoms with Crippen LogP contribution in [0.3, 0.4) is 0 Å². The van der Waals surface area contributed by atoms with Crippen LogP contribution in [0.25, 0.3) is 0 Å². The number of aryl methyl sites for hydroxylation is 1. The third-order valence-electron chi connectivity index (χ3n) is 4.09. The third-order valence-corrected chi connectivity index (χ3v) is 5.24. The predicted octanol–water partition coefficient (Wildman–Crippen LogP) is 3.45. The molecule has 2 aromatic rings. The second-order valence-corrected chi connectivity index (χ2v) is 6.79. The standard InChI is InChI=1S/C17H20BrN3O/c1-11-16(18)12(2)21(20-11)10-14-5-7-15(8-6-14)17(22)19-9-13-3-4-13/h5-8,13H,3-4,9-10H2,1-2H3,(H,19,22). The van der Waals surface area contributed by atoms with Gasteiger partial charge in [0.2, 0.25) is 0 Å². The average Bonchev–Trinajstić information content (AvgIpc) is 3.31. The van der Waals surface area contributed by atoms with E-state index in [0.29, 0.717) is 12.5 Å². The van der Waals surface area contributed by atoms with Crippen molar-refractivity contribution in [1.29, 1.82) is 0 Å². The van der Waals surface area contributed by atoms with Crippen molar-refractivity contribution in [2.45, 2.75) is 33.2 Å². The van der Waals surface area contributed by atoms with E-state index in [0.717, 1.165) is 33.5 Å². The van der Waals surface area contributed by atoms with Gasteiger partial charge >= 0.3 is 0 Å². The first-order chi connectivity index (χ1) is 10.5. The van der Waals surface area contributed by atoms with E-state index in [2.05, 4.69) is 26.3 Å². The number of carbonyl (C=O) groups excluding carboxylic acids is 1. The van der Waals surface area contributed by atoms with E-state index in [1.807, 2.05) is 42.8 Å². The summed E-state index contributed by atoms with van der Waals surface area (Å²) in [7, 11) is 0. The molecular formula is C17H20BrN3O. The zero-order valence-corrected chi connectivity index (χ0v) is 14.5. The number of carbonyl (C=O) groups is 1. The maximum atomic E-state index is 12.0. The lowest BCUT2D eigenvalue weighted by molar-refractivity contribution is 0.0952. The van der Waals surface area contributed by atoms with Crippen LogP contribution in [0.15, 0.2) is 28.7 Å². The van der Waals surface area contributed by atoms with Crippen LogP contribution in [0.1, 0.15) is 40.2 Å². The summed E-state index contributed by atoms with van der Waals surface area (Å²) in [6.07, 6.45) is 2.49. The minimum Gasteiger partial charge on any atom is -0.352 e. The zero-order valence-electron chi connectivity index (χ0n) is 12.9. The topological polar surface area (TPSA) is 46.9 Å². The molecule has 0 saturated heterocycles. The number of hydrogen-bond donors (Lipinski definition) is 1. The average molecular weight is 362 g/mol. The lowest BCUT2D eigenvalue weighted by Gasteiger charge is -2.07. The smallest absolute Gasteiger partial charge is 0.251 e. The fraction of sp³-hybridized carbons (Fsp3) is 0.412. The summed E-state index contributed by atoms with van der Waals surface area (Å²) in [6.45, 7) is 5.55. The van der Waals surface area contributed by atoms with E-state index >= 15 is 0 Å². The Bertz CT molecular complexity index is 687. The molecule has 3 rings (SSSR count). The van der Waals surface area contributed by atoms with Gasteiger partial charge in [-0.3, -0.25) is 9.48 Å². The number of rotatable bonds is 5. The summed E-state index contributed by atoms with van der Waals surface area (Å²) in [5.74, 6) is 0.722. The Balaban J connectivity index is 1.65. The normalized spacial score (nSPS) is 14.1. The molecule has 1 fully saturated rings. The molecule has 1 amide bonds. The van der Waals surface area contributed by atoms with Gasteiger partial charge in [-0.15, -0.1) is 0 Å². The Morgan fingerprint density at radius 2 is 2.00 bits per heavy atom. The van der Waals surface area contributed by atoms with Crippen LogP contribution in [0.5, 0.6) is 0 Å². The quantitative estimate of drug-likeness (QED) is 0.886. The van der Waals surface area contributed by atoms with Gasteiger partial charge in [-0.1, -0.05) is 12.1 Å². The molecule has 1 aromatic heterocycles. The molecule has 1 aliphatic rings. The van der Waals surface area contributed by atoms with Gasteiger partial charge < -0.3 is 5.32 Å². The first-order valence-electron chi connectivity index (χ1n) is 7.61. The van der Waals surface area contributed by atoms with E-state index in [9.17, 15) is 4.79 Å². The lowest BCUT2D eigenvalue weighted by Crippen LogP contribution is -2.25. The van der Waals surface area contributed by atoms with Crippen LogP contribution in [0.4, 0.5) is 0 Å². The second kappa shape index (κ2) is 6.24. The largest absolute Gasteiger partial charge is 0.352 e. The van der Waals surface area contributed by atoms with Crippen LogP contribution < -0.4 is 5.32 Å². The van der Waals surface area contributed by atoms with Gasteiger partial charge in [0.15, 0.2) is 0 Å². The first-order valence-corrected chi connectivity index (χ1v) is 8.40. The summed E-state index contributed by atoms with van der Waals surface area (Å²) in [4.78, 5) is 12.0. The van der Waals surface area contributed by atoms with Crippen molar-refractivity contribution in [2.75, 3.05) is 6.54 Å². The van der Waals surface area contributed by atoms with E-state index in [4.69, 9.17) is 0 Å². The molecule has 0 unspecified atom stereocenters. The number of amides is 1. The minimum atomic E-state index is 0.0207. The number of hydrogen-bond acceptors (Lipinski definition) is 2. The molecule has 1 saturated carbocycles. The molecule has 116 valence electrons. The third kappa shape index (κ3) is 3.40. The summed E-state index contributed by atoms with van der Waals surface area (Å²) in [5, 5.41) is 7.50. The van der Waals surface area contributed by atoms with Gasteiger partial charge in [0, 0.05) is 12.1 Å². The summed E-state index contributed by atoms with van der Waals surface area (Å²) >= 11 is 3.54. The summed E-state index contributed by atoms with van der Waals surface area (Å²) < 4.78 is 3.03. The Morgan fingerprint density at radius 1 is 1.32 bits per heavy atom. The Kier molecular flexibility index (Phi) is 4.34. The minimum absolute atomic E-state index is 0.0207. The highest BCUT2D eigenvalue weighted by atomic mass is 79.9. The Hall–Kier alpha value is -1.62. The van der Waals surface area contributed by atoms with Crippen LogP contribution in [0, 0.1) is 19.8 Å². The molecule has 5 heteroatoms. The molecule has 0 atom stereocenters. The van der Waals surface area contributed by atoms with Crippen LogP contribution in [-0.4, -0.2) is 22.2 Å². The van der Waals surface area contributed by atoms with Crippen molar-refractivity contribution >= 4 is 21.8 Å². The molecular weight excluding hydrogens is 342 g/mol. The van der Waals surface area contributed by atoms with Gasteiger partial charge in [0.1, 0.15) is 0 Å². The Labute approximate surface area is 139 Å². The number of nitrogens with zero attached hydrogens (tertiary/aromatic N) is 2. The van der Waals surface area contributed by atoms with E-state index in [-0.39, 0.29) is 5.91 Å². The molecule has 1 heterocycles. The molecule has 0 radical (unpaired) electrons. The highest BCUT2D eigenvalue weighted by Crippen LogP contribution is 2.27. The van der Waals surface area contributed by atoms with Crippen molar-refractivity contribution in [3.05, 3.63) is 51.3 Å². The fourth-order valence-corrected chi connectivity index (χ4v) is 2.71. The second-order valence-electron chi connectivity index (χ2n) is 5.99. The van der Waals surface area contributed by atoms with Gasteiger partial charge in [-0.05, 0) is 66.2 Å². The molecule has 0 spiro atoms. The van der Waals surface area contributed by atoms with Gasteiger partial charge in [0.25, 0.3) is 5.91 Å². The van der Waals surface area contributed by atoms with E-state index in [1.54, 1.807) is 0 Å². The molecule has 1 aromatic carbocycles. The lowest BCUT2D eigenvalue weighted by atomic mass is 10.1. The van der Waals surface area contributed by atoms with E-state index < -0.39 is 0 Å². The van der Waals surface area contributed by atoms with Crippen LogP contribution in [-0.2, 0) is 6.54 Å². The molecule has 4 nitrogen and oxygen atoms in total. The summed E-state index contributed by atoms with van der Waals surface area (Å²) in [6, 6.07) is 7.77. The fourth-order valence-electron chi connectivity index (χ4n) is 2.42. The highest BCUT2D eigenvalue weighted by molar-refractivity contribution is 9.10. The highest BCUT2D eigenvalue weighted by Gasteiger charge is 2.21. The monoisotopic (exact) mass is 361 g/mol. The molecule has 1 N–H and O–H groups in total. The van der Waals surface area contributed by atoms with Gasteiger partial charge in [-0.25, -0.2) is 0 Å². The number of aromatic nitrogens is 2. The number of benzene rings is 1. The Morgan fingerprint density at radius 3 is 2.55 bits per heavy atom. The van der Waals surface area contributed by atoms with Crippen molar-refractivity contribution in [3.8, 4) is 0 Å². The van der Waals surface area contributed by atoms with E-state index in [1.165, 1.54) is 12.8 Å². The van der Waals surface area contributed by atoms with Crippen LogP contribution >= 0.6 is 15.9 Å². The number of halogens is 1. The van der Waals surface area contributed by atoms with Crippen molar-refractivity contribution < 1.29 is 4.79 Å². The molecule has 22 heavy (non-hydrogen) atoms. The maximum absolute atomic E-state index is 12.0. The SMILES string of the molecule is Cc1nn(Cc2ccc(C(=O)NCC3CC3)cc2)c(C)c1Br. The first kappa shape index (κ1) is 15.3. The molecule has 1 aliphatic carbocycles. The number of nitrogens with one attached hydrogen (secondary N) is 1. The van der Waals surface area contributed by atoms with Gasteiger partial charge in [-0.2, -0.15) is 5.10 Å². The summed E-state index contributed by atoms with van der Waals surface area (Å²) in [5.41, 5.74) is 3.97. The van der Waals surface area contributed by atoms with Crippen LogP contribution in [0.2, 0.25) is 0 Å². The van der Waals surface area contributed by atoms with Gasteiger partial charge in [0.05, 0.1) is 22.4 Å². The molecule has 0 aliphatic heterocycles. The maximum Gasteiger partial charge on any atom is 0.251 e. The van der Waals surface area contributed by atoms with Crippen molar-refractivity contribution in [2.24, 2.45) is 5.92 Å².